The standard InChI is InChI=1S/C17H15N5O3.C2HF3O2/c23-17(12-1-2-13-14(9-12)25-8-7-24-13)19-10-15-20-16(22-21-15)11-3-5-18-6-4-11;3-2(4,5)1(6)7/h1-6,9H,7-8,10H2,(H,19,23)(H,20,21,22);(H,6,7). The highest BCUT2D eigenvalue weighted by Gasteiger charge is 2.38. The second-order valence-corrected chi connectivity index (χ2v) is 6.19. The van der Waals surface area contributed by atoms with Gasteiger partial charge in [-0.1, -0.05) is 0 Å². The van der Waals surface area contributed by atoms with Gasteiger partial charge < -0.3 is 19.9 Å². The Morgan fingerprint density at radius 3 is 2.41 bits per heavy atom. The number of H-pyrrole nitrogens is 1. The molecule has 1 aliphatic rings. The van der Waals surface area contributed by atoms with Crippen LogP contribution in [-0.4, -0.2) is 56.5 Å². The molecule has 0 saturated carbocycles. The van der Waals surface area contributed by atoms with E-state index in [1.54, 1.807) is 30.6 Å². The van der Waals surface area contributed by atoms with Crippen LogP contribution in [0.25, 0.3) is 11.4 Å². The van der Waals surface area contributed by atoms with Crippen LogP contribution in [0.2, 0.25) is 0 Å². The first kappa shape index (κ1) is 22.5. The number of nitrogens with zero attached hydrogens (tertiary/aromatic N) is 3. The Hall–Kier alpha value is -4.16. The van der Waals surface area contributed by atoms with Gasteiger partial charge in [0.15, 0.2) is 17.3 Å². The minimum Gasteiger partial charge on any atom is -0.486 e. The molecule has 2 aromatic heterocycles. The van der Waals surface area contributed by atoms with Crippen molar-refractivity contribution in [3.63, 3.8) is 0 Å². The number of carboxylic acid groups (broad SMARTS) is 1. The highest BCUT2D eigenvalue weighted by molar-refractivity contribution is 5.94. The Morgan fingerprint density at radius 1 is 1.09 bits per heavy atom. The molecule has 0 radical (unpaired) electrons. The molecular formula is C19H16F3N5O5. The van der Waals surface area contributed by atoms with Gasteiger partial charge in [-0.05, 0) is 30.3 Å². The molecule has 0 saturated heterocycles. The Morgan fingerprint density at radius 2 is 1.75 bits per heavy atom. The quantitative estimate of drug-likeness (QED) is 0.549. The van der Waals surface area contributed by atoms with Gasteiger partial charge in [-0.2, -0.15) is 18.3 Å². The molecule has 0 fully saturated rings. The molecule has 3 aromatic rings. The average molecular weight is 451 g/mol. The molecule has 168 valence electrons. The fourth-order valence-electron chi connectivity index (χ4n) is 2.46. The number of aromatic amines is 1. The van der Waals surface area contributed by atoms with E-state index in [1.165, 1.54) is 0 Å². The zero-order valence-corrected chi connectivity index (χ0v) is 16.2. The molecule has 3 N–H and O–H groups in total. The maximum atomic E-state index is 12.3. The van der Waals surface area contributed by atoms with Crippen molar-refractivity contribution >= 4 is 11.9 Å². The molecule has 1 aliphatic heterocycles. The second-order valence-electron chi connectivity index (χ2n) is 6.19. The molecule has 1 amide bonds. The lowest BCUT2D eigenvalue weighted by molar-refractivity contribution is -0.192. The van der Waals surface area contributed by atoms with E-state index < -0.39 is 12.1 Å². The van der Waals surface area contributed by atoms with Crippen LogP contribution in [0.1, 0.15) is 16.2 Å². The number of fused-ring (bicyclic) bond motifs is 1. The van der Waals surface area contributed by atoms with Crippen LogP contribution in [0.15, 0.2) is 42.7 Å². The number of rotatable bonds is 4. The van der Waals surface area contributed by atoms with Gasteiger partial charge in [0.25, 0.3) is 5.91 Å². The van der Waals surface area contributed by atoms with E-state index in [2.05, 4.69) is 25.5 Å². The molecule has 3 heterocycles. The van der Waals surface area contributed by atoms with Crippen molar-refractivity contribution in [1.82, 2.24) is 25.5 Å². The van der Waals surface area contributed by atoms with Gasteiger partial charge in [0.1, 0.15) is 19.0 Å². The van der Waals surface area contributed by atoms with E-state index >= 15 is 0 Å². The summed E-state index contributed by atoms with van der Waals surface area (Å²) in [5.41, 5.74) is 1.36. The fourth-order valence-corrected chi connectivity index (χ4v) is 2.46. The Bertz CT molecular complexity index is 1090. The summed E-state index contributed by atoms with van der Waals surface area (Å²) in [6, 6.07) is 8.75. The van der Waals surface area contributed by atoms with Crippen LogP contribution < -0.4 is 14.8 Å². The number of ether oxygens (including phenoxy) is 2. The van der Waals surface area contributed by atoms with Gasteiger partial charge >= 0.3 is 12.1 Å². The SMILES string of the molecule is O=C(NCc1nc(-c2ccncc2)n[nH]1)c1ccc2c(c1)OCCO2.O=C(O)C(F)(F)F. The summed E-state index contributed by atoms with van der Waals surface area (Å²) >= 11 is 0. The third-order valence-electron chi connectivity index (χ3n) is 3.93. The topological polar surface area (TPSA) is 139 Å². The Labute approximate surface area is 178 Å². The number of carbonyl (C=O) groups is 2. The highest BCUT2D eigenvalue weighted by Crippen LogP contribution is 2.30. The number of alkyl halides is 3. The van der Waals surface area contributed by atoms with Gasteiger partial charge in [-0.3, -0.25) is 14.9 Å². The normalized spacial score (nSPS) is 12.3. The first-order chi connectivity index (χ1) is 15.2. The maximum absolute atomic E-state index is 12.3. The van der Waals surface area contributed by atoms with Crippen molar-refractivity contribution in [3.05, 3.63) is 54.1 Å². The summed E-state index contributed by atoms with van der Waals surface area (Å²) in [5, 5.41) is 16.9. The number of carboxylic acids is 1. The summed E-state index contributed by atoms with van der Waals surface area (Å²) in [5.74, 6) is -0.617. The van der Waals surface area contributed by atoms with Gasteiger partial charge in [0.05, 0.1) is 6.54 Å². The van der Waals surface area contributed by atoms with E-state index in [1.807, 2.05) is 12.1 Å². The molecule has 0 bridgehead atoms. The van der Waals surface area contributed by atoms with Gasteiger partial charge in [0, 0.05) is 23.5 Å². The zero-order chi connectivity index (χ0) is 23.1. The lowest BCUT2D eigenvalue weighted by Crippen LogP contribution is -2.24. The van der Waals surface area contributed by atoms with E-state index in [9.17, 15) is 18.0 Å². The largest absolute Gasteiger partial charge is 0.490 e. The van der Waals surface area contributed by atoms with Crippen molar-refractivity contribution in [2.75, 3.05) is 13.2 Å². The Kier molecular flexibility index (Phi) is 6.87. The number of halogens is 3. The molecule has 10 nitrogen and oxygen atoms in total. The van der Waals surface area contributed by atoms with E-state index in [-0.39, 0.29) is 12.5 Å². The fraction of sp³-hybridized carbons (Fsp3) is 0.211. The summed E-state index contributed by atoms with van der Waals surface area (Å²) in [7, 11) is 0. The first-order valence-electron chi connectivity index (χ1n) is 9.03. The third-order valence-corrected chi connectivity index (χ3v) is 3.93. The van der Waals surface area contributed by atoms with Crippen LogP contribution in [-0.2, 0) is 11.3 Å². The molecular weight excluding hydrogens is 435 g/mol. The minimum absolute atomic E-state index is 0.223. The number of amides is 1. The van der Waals surface area contributed by atoms with Crippen LogP contribution in [0.4, 0.5) is 13.2 Å². The zero-order valence-electron chi connectivity index (χ0n) is 16.2. The number of aromatic nitrogens is 4. The maximum Gasteiger partial charge on any atom is 0.490 e. The number of hydrogen-bond acceptors (Lipinski definition) is 7. The monoisotopic (exact) mass is 451 g/mol. The molecule has 1 aromatic carbocycles. The van der Waals surface area contributed by atoms with Gasteiger partial charge in [0.2, 0.25) is 0 Å². The van der Waals surface area contributed by atoms with Crippen molar-refractivity contribution in [3.8, 4) is 22.9 Å². The van der Waals surface area contributed by atoms with Crippen molar-refractivity contribution in [1.29, 1.82) is 0 Å². The van der Waals surface area contributed by atoms with Crippen LogP contribution in [0, 0.1) is 0 Å². The predicted octanol–water partition coefficient (Wildman–Crippen LogP) is 2.20. The average Bonchev–Trinajstić information content (AvgIpc) is 3.26. The molecule has 13 heteroatoms. The second kappa shape index (κ2) is 9.76. The van der Waals surface area contributed by atoms with Crippen molar-refractivity contribution in [2.24, 2.45) is 0 Å². The smallest absolute Gasteiger partial charge is 0.486 e. The number of hydrogen-bond donors (Lipinski definition) is 3. The van der Waals surface area contributed by atoms with Crippen molar-refractivity contribution in [2.45, 2.75) is 12.7 Å². The van der Waals surface area contributed by atoms with E-state index in [0.29, 0.717) is 41.9 Å². The number of benzene rings is 1. The number of nitrogens with one attached hydrogen (secondary N) is 2. The number of carbonyl (C=O) groups excluding carboxylic acids is 1. The van der Waals surface area contributed by atoms with Crippen LogP contribution >= 0.6 is 0 Å². The lowest BCUT2D eigenvalue weighted by Gasteiger charge is -2.18. The molecule has 0 unspecified atom stereocenters. The number of aliphatic carboxylic acids is 1. The third kappa shape index (κ3) is 5.93. The molecule has 0 spiro atoms. The molecule has 0 aliphatic carbocycles. The highest BCUT2D eigenvalue weighted by atomic mass is 19.4. The summed E-state index contributed by atoms with van der Waals surface area (Å²) in [4.78, 5) is 29.5. The summed E-state index contributed by atoms with van der Waals surface area (Å²) in [6.07, 6.45) is -1.73. The summed E-state index contributed by atoms with van der Waals surface area (Å²) in [6.45, 7) is 1.24. The van der Waals surface area contributed by atoms with Crippen LogP contribution in [0.3, 0.4) is 0 Å². The first-order valence-corrected chi connectivity index (χ1v) is 9.03. The van der Waals surface area contributed by atoms with Crippen molar-refractivity contribution < 1.29 is 37.3 Å². The lowest BCUT2D eigenvalue weighted by atomic mass is 10.2. The number of pyridine rings is 1. The summed E-state index contributed by atoms with van der Waals surface area (Å²) < 4.78 is 42.7. The molecule has 4 rings (SSSR count). The van der Waals surface area contributed by atoms with E-state index in [0.717, 1.165) is 5.56 Å². The molecule has 0 atom stereocenters. The Balaban J connectivity index is 0.000000360. The van der Waals surface area contributed by atoms with Crippen LogP contribution in [0.5, 0.6) is 11.5 Å². The minimum atomic E-state index is -5.08. The van der Waals surface area contributed by atoms with E-state index in [4.69, 9.17) is 19.4 Å². The molecule has 32 heavy (non-hydrogen) atoms. The van der Waals surface area contributed by atoms with Gasteiger partial charge in [-0.25, -0.2) is 9.78 Å². The predicted molar refractivity (Wildman–Crippen MR) is 102 cm³/mol. The van der Waals surface area contributed by atoms with Gasteiger partial charge in [-0.15, -0.1) is 0 Å².